The van der Waals surface area contributed by atoms with E-state index in [1.165, 1.54) is 11.3 Å². The molecule has 6 nitrogen and oxygen atoms in total. The number of aromatic nitrogens is 2. The monoisotopic (exact) mass is 380 g/mol. The van der Waals surface area contributed by atoms with Gasteiger partial charge in [0, 0.05) is 23.7 Å². The van der Waals surface area contributed by atoms with Crippen LogP contribution in [0, 0.1) is 0 Å². The van der Waals surface area contributed by atoms with Gasteiger partial charge < -0.3 is 10.2 Å². The quantitative estimate of drug-likeness (QED) is 0.755. The third kappa shape index (κ3) is 3.02. The van der Waals surface area contributed by atoms with E-state index in [0.717, 1.165) is 47.5 Å². The summed E-state index contributed by atoms with van der Waals surface area (Å²) in [4.78, 5) is 29.2. The van der Waals surface area contributed by atoms with E-state index in [9.17, 15) is 9.59 Å². The minimum atomic E-state index is 0.00671. The van der Waals surface area contributed by atoms with Crippen LogP contribution in [-0.4, -0.2) is 38.9 Å². The van der Waals surface area contributed by atoms with Crippen molar-refractivity contribution >= 4 is 28.7 Å². The fourth-order valence-corrected chi connectivity index (χ4v) is 4.76. The maximum absolute atomic E-state index is 13.2. The molecule has 0 unspecified atom stereocenters. The first-order valence-electron chi connectivity index (χ1n) is 9.34. The number of amides is 2. The summed E-state index contributed by atoms with van der Waals surface area (Å²) in [6.45, 7) is 0.731. The lowest BCUT2D eigenvalue weighted by Crippen LogP contribution is -2.30. The molecule has 2 amide bonds. The number of carbonyl (C=O) groups is 2. The van der Waals surface area contributed by atoms with Gasteiger partial charge in [0.15, 0.2) is 0 Å². The van der Waals surface area contributed by atoms with E-state index >= 15 is 0 Å². The van der Waals surface area contributed by atoms with Gasteiger partial charge in [0.05, 0.1) is 28.2 Å². The Morgan fingerprint density at radius 3 is 2.89 bits per heavy atom. The summed E-state index contributed by atoms with van der Waals surface area (Å²) in [5.74, 6) is 0.0170. The molecule has 1 saturated heterocycles. The van der Waals surface area contributed by atoms with Crippen molar-refractivity contribution in [2.24, 2.45) is 0 Å². The fraction of sp³-hybridized carbons (Fsp3) is 0.350. The molecular weight excluding hydrogens is 360 g/mol. The Bertz CT molecular complexity index is 1020. The highest BCUT2D eigenvalue weighted by Crippen LogP contribution is 2.37. The van der Waals surface area contributed by atoms with Gasteiger partial charge in [-0.3, -0.25) is 9.59 Å². The first kappa shape index (κ1) is 16.5. The highest BCUT2D eigenvalue weighted by Gasteiger charge is 2.33. The third-order valence-electron chi connectivity index (χ3n) is 5.26. The summed E-state index contributed by atoms with van der Waals surface area (Å²) >= 11 is 1.50. The molecule has 27 heavy (non-hydrogen) atoms. The number of carbonyl (C=O) groups excluding carboxylic acids is 2. The minimum Gasteiger partial charge on any atom is -0.349 e. The molecule has 3 aromatic rings. The Morgan fingerprint density at radius 2 is 2.04 bits per heavy atom. The smallest absolute Gasteiger partial charge is 0.261 e. The van der Waals surface area contributed by atoms with Crippen molar-refractivity contribution in [3.8, 4) is 0 Å². The van der Waals surface area contributed by atoms with Crippen molar-refractivity contribution in [2.45, 2.75) is 37.8 Å². The third-order valence-corrected chi connectivity index (χ3v) is 6.45. The second-order valence-electron chi connectivity index (χ2n) is 7.20. The molecule has 1 N–H and O–H groups in total. The van der Waals surface area contributed by atoms with E-state index in [-0.39, 0.29) is 17.9 Å². The molecular formula is C20H20N4O2S. The summed E-state index contributed by atoms with van der Waals surface area (Å²) in [6, 6.07) is 9.99. The zero-order valence-electron chi connectivity index (χ0n) is 14.8. The Kier molecular flexibility index (Phi) is 3.97. The molecule has 5 rings (SSSR count). The normalized spacial score (nSPS) is 19.6. The Morgan fingerprint density at radius 1 is 1.15 bits per heavy atom. The van der Waals surface area contributed by atoms with Gasteiger partial charge in [-0.1, -0.05) is 6.07 Å². The van der Waals surface area contributed by atoms with Crippen LogP contribution in [-0.2, 0) is 0 Å². The van der Waals surface area contributed by atoms with E-state index in [4.69, 9.17) is 0 Å². The number of likely N-dealkylation sites (tertiary alicyclic amines) is 1. The van der Waals surface area contributed by atoms with E-state index in [1.54, 1.807) is 10.7 Å². The van der Waals surface area contributed by atoms with Gasteiger partial charge in [-0.25, -0.2) is 4.52 Å². The zero-order valence-corrected chi connectivity index (χ0v) is 15.6. The highest BCUT2D eigenvalue weighted by molar-refractivity contribution is 7.14. The molecule has 2 fully saturated rings. The lowest BCUT2D eigenvalue weighted by atomic mass is 10.1. The number of thiophene rings is 1. The average Bonchev–Trinajstić information content (AvgIpc) is 3.12. The number of nitrogens with zero attached hydrogens (tertiary/aromatic N) is 3. The van der Waals surface area contributed by atoms with Crippen LogP contribution >= 0.6 is 11.3 Å². The highest BCUT2D eigenvalue weighted by atomic mass is 32.1. The average molecular weight is 380 g/mol. The first-order valence-corrected chi connectivity index (χ1v) is 10.2. The maximum atomic E-state index is 13.2. The first-order chi connectivity index (χ1) is 13.2. The molecule has 3 aromatic heterocycles. The van der Waals surface area contributed by atoms with Crippen LogP contribution in [0.5, 0.6) is 0 Å². The Labute approximate surface area is 160 Å². The van der Waals surface area contributed by atoms with Gasteiger partial charge in [0.25, 0.3) is 11.8 Å². The molecule has 2 aliphatic rings. The molecule has 1 aliphatic carbocycles. The molecule has 0 spiro atoms. The van der Waals surface area contributed by atoms with Crippen LogP contribution in [0.15, 0.2) is 42.7 Å². The largest absolute Gasteiger partial charge is 0.349 e. The predicted octanol–water partition coefficient (Wildman–Crippen LogP) is 3.27. The summed E-state index contributed by atoms with van der Waals surface area (Å²) in [7, 11) is 0. The molecule has 138 valence electrons. The van der Waals surface area contributed by atoms with Gasteiger partial charge in [0.2, 0.25) is 0 Å². The van der Waals surface area contributed by atoms with Crippen LogP contribution in [0.3, 0.4) is 0 Å². The number of pyridine rings is 1. The van der Waals surface area contributed by atoms with E-state index in [1.807, 2.05) is 41.4 Å². The molecule has 0 radical (unpaired) electrons. The number of nitrogens with one attached hydrogen (secondary N) is 1. The molecule has 1 aliphatic heterocycles. The van der Waals surface area contributed by atoms with Gasteiger partial charge in [-0.15, -0.1) is 11.3 Å². The predicted molar refractivity (Wildman–Crippen MR) is 103 cm³/mol. The Hall–Kier alpha value is -2.67. The fourth-order valence-electron chi connectivity index (χ4n) is 3.70. The van der Waals surface area contributed by atoms with E-state index < -0.39 is 0 Å². The molecule has 4 heterocycles. The number of hydrogen-bond acceptors (Lipinski definition) is 4. The van der Waals surface area contributed by atoms with E-state index in [2.05, 4.69) is 10.4 Å². The van der Waals surface area contributed by atoms with Gasteiger partial charge >= 0.3 is 0 Å². The van der Waals surface area contributed by atoms with Crippen molar-refractivity contribution in [1.29, 1.82) is 0 Å². The molecule has 0 aromatic carbocycles. The van der Waals surface area contributed by atoms with Crippen LogP contribution in [0.4, 0.5) is 0 Å². The lowest BCUT2D eigenvalue weighted by Gasteiger charge is -2.23. The Balaban J connectivity index is 1.39. The summed E-state index contributed by atoms with van der Waals surface area (Å²) < 4.78 is 1.73. The van der Waals surface area contributed by atoms with Crippen LogP contribution in [0.25, 0.3) is 5.52 Å². The number of fused-ring (bicyclic) bond motifs is 1. The SMILES string of the molecule is O=C(NC1CC1)c1ccc([C@@H]2CCCN2C(=O)c2cnn3ccccc23)s1. The van der Waals surface area contributed by atoms with Crippen molar-refractivity contribution in [1.82, 2.24) is 19.8 Å². The van der Waals surface area contributed by atoms with Gasteiger partial charge in [-0.2, -0.15) is 5.10 Å². The molecule has 1 atom stereocenters. The number of rotatable bonds is 4. The summed E-state index contributed by atoms with van der Waals surface area (Å²) in [5.41, 5.74) is 1.45. The van der Waals surface area contributed by atoms with Crippen LogP contribution in [0.1, 0.15) is 56.6 Å². The second-order valence-corrected chi connectivity index (χ2v) is 8.31. The number of hydrogen-bond donors (Lipinski definition) is 1. The molecule has 0 bridgehead atoms. The second kappa shape index (κ2) is 6.49. The molecule has 7 heteroatoms. The van der Waals surface area contributed by atoms with Crippen molar-refractivity contribution in [3.63, 3.8) is 0 Å². The summed E-state index contributed by atoms with van der Waals surface area (Å²) in [5, 5.41) is 7.32. The van der Waals surface area contributed by atoms with Crippen molar-refractivity contribution < 1.29 is 9.59 Å². The van der Waals surface area contributed by atoms with Crippen LogP contribution < -0.4 is 5.32 Å². The van der Waals surface area contributed by atoms with Crippen molar-refractivity contribution in [3.05, 3.63) is 58.0 Å². The van der Waals surface area contributed by atoms with E-state index in [0.29, 0.717) is 11.6 Å². The van der Waals surface area contributed by atoms with Crippen LogP contribution in [0.2, 0.25) is 0 Å². The lowest BCUT2D eigenvalue weighted by molar-refractivity contribution is 0.0739. The standard InChI is InChI=1S/C20H20N4O2S/c25-19(22-13-6-7-13)18-9-8-17(27-18)16-5-3-10-23(16)20(26)14-12-21-24-11-2-1-4-15(14)24/h1-2,4,8-9,11-13,16H,3,5-7,10H2,(H,22,25)/t16-/m0/s1. The van der Waals surface area contributed by atoms with Gasteiger partial charge in [0.1, 0.15) is 0 Å². The van der Waals surface area contributed by atoms with Crippen molar-refractivity contribution in [2.75, 3.05) is 6.54 Å². The molecule has 1 saturated carbocycles. The minimum absolute atomic E-state index is 0.00671. The maximum Gasteiger partial charge on any atom is 0.261 e. The van der Waals surface area contributed by atoms with Gasteiger partial charge in [-0.05, 0) is 49.9 Å². The zero-order chi connectivity index (χ0) is 18.4. The summed E-state index contributed by atoms with van der Waals surface area (Å²) in [6.07, 6.45) is 7.54. The topological polar surface area (TPSA) is 66.7 Å².